The number of nitrogens with zero attached hydrogens (tertiary/aromatic N) is 2. The smallest absolute Gasteiger partial charge is 0.119 e. The maximum atomic E-state index is 10.3. The van der Waals surface area contributed by atoms with E-state index in [2.05, 4.69) is 56.1 Å². The maximum absolute atomic E-state index is 10.3. The fourth-order valence-corrected chi connectivity index (χ4v) is 8.94. The fraction of sp³-hybridized carbons (Fsp3) is 0.679. The first-order valence-electron chi connectivity index (χ1n) is 12.7. The van der Waals surface area contributed by atoms with Crippen molar-refractivity contribution in [2.45, 2.75) is 77.9 Å². The van der Waals surface area contributed by atoms with Gasteiger partial charge in [-0.1, -0.05) is 25.5 Å². The molecule has 1 aromatic carbocycles. The molecular weight excluding hydrogens is 396 g/mol. The summed E-state index contributed by atoms with van der Waals surface area (Å²) in [4.78, 5) is 0. The first kappa shape index (κ1) is 20.8. The van der Waals surface area contributed by atoms with Crippen LogP contribution in [0.2, 0.25) is 0 Å². The Morgan fingerprint density at radius 1 is 1.09 bits per heavy atom. The molecule has 0 saturated heterocycles. The molecule has 6 rings (SSSR count). The number of hydrazone groups is 1. The van der Waals surface area contributed by atoms with E-state index in [4.69, 9.17) is 9.84 Å². The van der Waals surface area contributed by atoms with Crippen molar-refractivity contribution in [3.8, 4) is 5.75 Å². The van der Waals surface area contributed by atoms with Gasteiger partial charge in [0.1, 0.15) is 5.75 Å². The van der Waals surface area contributed by atoms with Crippen LogP contribution in [0.4, 0.5) is 5.69 Å². The van der Waals surface area contributed by atoms with Crippen LogP contribution in [-0.4, -0.2) is 30.1 Å². The molecule has 172 valence electrons. The van der Waals surface area contributed by atoms with Crippen molar-refractivity contribution >= 4 is 11.4 Å². The molecule has 0 bridgehead atoms. The van der Waals surface area contributed by atoms with Gasteiger partial charge >= 0.3 is 0 Å². The minimum atomic E-state index is -0.123. The molecule has 1 aromatic rings. The normalized spacial score (nSPS) is 44.7. The van der Waals surface area contributed by atoms with Gasteiger partial charge in [0, 0.05) is 11.6 Å². The highest BCUT2D eigenvalue weighted by Gasteiger charge is 2.64. The van der Waals surface area contributed by atoms with Crippen LogP contribution in [0.1, 0.15) is 65.7 Å². The molecule has 1 N–H and O–H groups in total. The van der Waals surface area contributed by atoms with Gasteiger partial charge < -0.3 is 9.84 Å². The lowest BCUT2D eigenvalue weighted by molar-refractivity contribution is -0.0422. The zero-order valence-corrected chi connectivity index (χ0v) is 20.1. The predicted molar refractivity (Wildman–Crippen MR) is 129 cm³/mol. The number of anilines is 1. The summed E-state index contributed by atoms with van der Waals surface area (Å²) in [6.45, 7) is 7.38. The standard InChI is InChI=1S/C28H38N2O2/c1-17-26-25(30(29-17)19-6-8-21(32-4)9-7-19)16-24-22-10-5-18-15-20(31)11-13-27(18,2)23(22)12-14-28(24,26)3/h5-9,20,22-26,31H,10-16H2,1-4H3/t20-,22+,23-,24-,25+,26+,27-,28-/m0/s1. The minimum absolute atomic E-state index is 0.123. The van der Waals surface area contributed by atoms with Gasteiger partial charge in [0.25, 0.3) is 0 Å². The molecule has 5 aliphatic rings. The summed E-state index contributed by atoms with van der Waals surface area (Å²) < 4.78 is 5.38. The van der Waals surface area contributed by atoms with Crippen molar-refractivity contribution in [2.24, 2.45) is 39.6 Å². The summed E-state index contributed by atoms with van der Waals surface area (Å²) in [5, 5.41) is 17.7. The molecule has 8 atom stereocenters. The summed E-state index contributed by atoms with van der Waals surface area (Å²) in [5.41, 5.74) is 4.73. The lowest BCUT2D eigenvalue weighted by Crippen LogP contribution is -2.50. The molecule has 4 heteroatoms. The maximum Gasteiger partial charge on any atom is 0.119 e. The van der Waals surface area contributed by atoms with Crippen LogP contribution in [0.3, 0.4) is 0 Å². The summed E-state index contributed by atoms with van der Waals surface area (Å²) in [6, 6.07) is 8.91. The van der Waals surface area contributed by atoms with Crippen LogP contribution in [0.15, 0.2) is 41.0 Å². The highest BCUT2D eigenvalue weighted by molar-refractivity contribution is 5.90. The second kappa shape index (κ2) is 7.09. The molecule has 3 saturated carbocycles. The third-order valence-electron chi connectivity index (χ3n) is 10.5. The number of hydrogen-bond acceptors (Lipinski definition) is 4. The molecule has 3 fully saturated rings. The number of aliphatic hydroxyl groups is 1. The van der Waals surface area contributed by atoms with E-state index in [1.807, 2.05) is 0 Å². The Hall–Kier alpha value is -1.81. The van der Waals surface area contributed by atoms with E-state index in [9.17, 15) is 5.11 Å². The number of methoxy groups -OCH3 is 1. The van der Waals surface area contributed by atoms with Crippen LogP contribution in [-0.2, 0) is 0 Å². The quantitative estimate of drug-likeness (QED) is 0.598. The summed E-state index contributed by atoms with van der Waals surface area (Å²) in [7, 11) is 1.72. The average Bonchev–Trinajstić information content (AvgIpc) is 3.29. The topological polar surface area (TPSA) is 45.1 Å². The largest absolute Gasteiger partial charge is 0.497 e. The molecule has 0 unspecified atom stereocenters. The Morgan fingerprint density at radius 2 is 1.88 bits per heavy atom. The molecule has 1 heterocycles. The Balaban J connectivity index is 1.32. The van der Waals surface area contributed by atoms with Crippen LogP contribution >= 0.6 is 0 Å². The second-order valence-corrected chi connectivity index (χ2v) is 11.8. The van der Waals surface area contributed by atoms with Crippen molar-refractivity contribution < 1.29 is 9.84 Å². The summed E-state index contributed by atoms with van der Waals surface area (Å²) in [6.07, 6.45) is 10.6. The predicted octanol–water partition coefficient (Wildman–Crippen LogP) is 5.81. The van der Waals surface area contributed by atoms with Gasteiger partial charge in [0.05, 0.1) is 24.9 Å². The van der Waals surface area contributed by atoms with Gasteiger partial charge in [-0.3, -0.25) is 5.01 Å². The van der Waals surface area contributed by atoms with E-state index in [-0.39, 0.29) is 6.10 Å². The van der Waals surface area contributed by atoms with Crippen LogP contribution < -0.4 is 9.75 Å². The number of benzene rings is 1. The van der Waals surface area contributed by atoms with Crippen LogP contribution in [0.25, 0.3) is 0 Å². The first-order valence-corrected chi connectivity index (χ1v) is 12.7. The second-order valence-electron chi connectivity index (χ2n) is 11.8. The van der Waals surface area contributed by atoms with E-state index in [0.29, 0.717) is 22.8 Å². The van der Waals surface area contributed by atoms with Crippen molar-refractivity contribution in [1.82, 2.24) is 0 Å². The molecule has 4 aliphatic carbocycles. The molecule has 0 spiro atoms. The summed E-state index contributed by atoms with van der Waals surface area (Å²) >= 11 is 0. The van der Waals surface area contributed by atoms with Crippen molar-refractivity contribution in [1.29, 1.82) is 0 Å². The molecule has 32 heavy (non-hydrogen) atoms. The lowest BCUT2D eigenvalue weighted by atomic mass is 9.47. The Labute approximate surface area is 192 Å². The molecule has 0 amide bonds. The van der Waals surface area contributed by atoms with E-state index >= 15 is 0 Å². The number of ether oxygens (including phenoxy) is 1. The first-order chi connectivity index (χ1) is 15.3. The molecule has 4 nitrogen and oxygen atoms in total. The van der Waals surface area contributed by atoms with E-state index in [1.54, 1.807) is 12.7 Å². The monoisotopic (exact) mass is 434 g/mol. The van der Waals surface area contributed by atoms with Gasteiger partial charge in [-0.2, -0.15) is 5.10 Å². The van der Waals surface area contributed by atoms with Gasteiger partial charge in [-0.05, 0) is 105 Å². The van der Waals surface area contributed by atoms with E-state index in [1.165, 1.54) is 37.1 Å². The molecule has 0 aromatic heterocycles. The van der Waals surface area contributed by atoms with Gasteiger partial charge in [-0.15, -0.1) is 0 Å². The van der Waals surface area contributed by atoms with E-state index in [0.717, 1.165) is 42.8 Å². The lowest BCUT2D eigenvalue weighted by Gasteiger charge is -2.57. The van der Waals surface area contributed by atoms with Crippen molar-refractivity contribution in [3.05, 3.63) is 35.9 Å². The van der Waals surface area contributed by atoms with Crippen molar-refractivity contribution in [3.63, 3.8) is 0 Å². The number of hydrogen-bond donors (Lipinski definition) is 1. The highest BCUT2D eigenvalue weighted by atomic mass is 16.5. The molecular formula is C28H38N2O2. The number of fused-ring (bicyclic) bond motifs is 7. The molecule has 1 aliphatic heterocycles. The number of allylic oxidation sites excluding steroid dienone is 1. The number of rotatable bonds is 2. The van der Waals surface area contributed by atoms with Gasteiger partial charge in [-0.25, -0.2) is 0 Å². The fourth-order valence-electron chi connectivity index (χ4n) is 8.94. The third kappa shape index (κ3) is 2.74. The molecule has 0 radical (unpaired) electrons. The Kier molecular flexibility index (Phi) is 4.60. The Bertz CT molecular complexity index is 968. The van der Waals surface area contributed by atoms with Crippen LogP contribution in [0, 0.1) is 34.5 Å². The Morgan fingerprint density at radius 3 is 2.62 bits per heavy atom. The SMILES string of the molecule is COc1ccc(N2N=C(C)[C@@H]3[C@H]2C[C@H]2[C@@H]4CC=C5C[C@@H](O)CC[C@]5(C)[C@H]4CC[C@]32C)cc1. The minimum Gasteiger partial charge on any atom is -0.497 e. The summed E-state index contributed by atoms with van der Waals surface area (Å²) in [5.74, 6) is 3.76. The zero-order valence-electron chi connectivity index (χ0n) is 20.1. The third-order valence-corrected chi connectivity index (χ3v) is 10.5. The number of aliphatic hydroxyl groups excluding tert-OH is 1. The van der Waals surface area contributed by atoms with Gasteiger partial charge in [0.2, 0.25) is 0 Å². The average molecular weight is 435 g/mol. The van der Waals surface area contributed by atoms with Crippen LogP contribution in [0.5, 0.6) is 5.75 Å². The van der Waals surface area contributed by atoms with E-state index < -0.39 is 0 Å². The highest BCUT2D eigenvalue weighted by Crippen LogP contribution is 2.67. The zero-order chi connectivity index (χ0) is 22.3. The van der Waals surface area contributed by atoms with Crippen molar-refractivity contribution in [2.75, 3.05) is 12.1 Å². The van der Waals surface area contributed by atoms with Gasteiger partial charge in [0.15, 0.2) is 0 Å².